The first kappa shape index (κ1) is 11.6. The molecule has 1 amide bonds. The van der Waals surface area contributed by atoms with Gasteiger partial charge in [0.05, 0.1) is 11.4 Å². The Morgan fingerprint density at radius 3 is 2.53 bits per heavy atom. The zero-order valence-corrected chi connectivity index (χ0v) is 9.42. The Morgan fingerprint density at radius 1 is 1.53 bits per heavy atom. The minimum atomic E-state index is -0.203. The molecule has 84 valence electrons. The molecule has 0 aliphatic heterocycles. The smallest absolute Gasteiger partial charge is 0.274 e. The van der Waals surface area contributed by atoms with E-state index in [1.165, 1.54) is 0 Å². The number of aromatic nitrogens is 2. The van der Waals surface area contributed by atoms with Crippen molar-refractivity contribution in [2.24, 2.45) is 0 Å². The largest absolute Gasteiger partial charge is 0.395 e. The van der Waals surface area contributed by atoms with Gasteiger partial charge in [0.15, 0.2) is 5.69 Å². The molecule has 5 heteroatoms. The summed E-state index contributed by atoms with van der Waals surface area (Å²) in [5, 5.41) is 9.45. The molecule has 1 heterocycles. The van der Waals surface area contributed by atoms with Crippen molar-refractivity contribution in [3.8, 4) is 0 Å². The van der Waals surface area contributed by atoms with Crippen LogP contribution in [0.15, 0.2) is 0 Å². The summed E-state index contributed by atoms with van der Waals surface area (Å²) in [7, 11) is 0. The van der Waals surface area contributed by atoms with Gasteiger partial charge in [0, 0.05) is 6.04 Å². The molecule has 1 aromatic rings. The highest BCUT2D eigenvalue weighted by Crippen LogP contribution is 2.12. The Hall–Kier alpha value is -1.52. The van der Waals surface area contributed by atoms with Gasteiger partial charge in [-0.3, -0.25) is 9.89 Å². The second kappa shape index (κ2) is 4.82. The van der Waals surface area contributed by atoms with E-state index in [9.17, 15) is 4.79 Å². The summed E-state index contributed by atoms with van der Waals surface area (Å²) >= 11 is 0. The van der Waals surface area contributed by atoms with Crippen molar-refractivity contribution in [3.05, 3.63) is 11.4 Å². The van der Waals surface area contributed by atoms with Gasteiger partial charge in [-0.15, -0.1) is 0 Å². The van der Waals surface area contributed by atoms with Crippen LogP contribution in [0.5, 0.6) is 0 Å². The van der Waals surface area contributed by atoms with Crippen LogP contribution in [0.3, 0.4) is 0 Å². The highest BCUT2D eigenvalue weighted by molar-refractivity contribution is 5.97. The summed E-state index contributed by atoms with van der Waals surface area (Å²) in [4.78, 5) is 11.7. The molecule has 15 heavy (non-hydrogen) atoms. The summed E-state index contributed by atoms with van der Waals surface area (Å²) in [5.41, 5.74) is 7.15. The summed E-state index contributed by atoms with van der Waals surface area (Å²) < 4.78 is 0. The van der Waals surface area contributed by atoms with Crippen molar-refractivity contribution < 1.29 is 4.79 Å². The Balaban J connectivity index is 2.73. The lowest BCUT2D eigenvalue weighted by atomic mass is 10.1. The van der Waals surface area contributed by atoms with Crippen LogP contribution < -0.4 is 11.1 Å². The van der Waals surface area contributed by atoms with Crippen molar-refractivity contribution in [3.63, 3.8) is 0 Å². The maximum atomic E-state index is 11.7. The van der Waals surface area contributed by atoms with Crippen LogP contribution in [0.25, 0.3) is 0 Å². The standard InChI is InChI=1S/C10H18N4O/c1-4-7(5-2)12-10(15)9-8(11)6(3)13-14-9/h7H,4-5,11H2,1-3H3,(H,12,15)(H,13,14). The van der Waals surface area contributed by atoms with Crippen molar-refractivity contribution in [2.45, 2.75) is 39.7 Å². The Labute approximate surface area is 89.4 Å². The molecular formula is C10H18N4O. The third-order valence-corrected chi connectivity index (χ3v) is 2.53. The maximum absolute atomic E-state index is 11.7. The molecule has 0 bridgehead atoms. The molecule has 0 unspecified atom stereocenters. The van der Waals surface area contributed by atoms with Gasteiger partial charge >= 0.3 is 0 Å². The number of amides is 1. The Kier molecular flexibility index (Phi) is 3.71. The monoisotopic (exact) mass is 210 g/mol. The van der Waals surface area contributed by atoms with Gasteiger partial charge < -0.3 is 11.1 Å². The molecule has 0 saturated heterocycles. The summed E-state index contributed by atoms with van der Waals surface area (Å²) in [5.74, 6) is -0.203. The van der Waals surface area contributed by atoms with Crippen LogP contribution in [0.2, 0.25) is 0 Å². The topological polar surface area (TPSA) is 83.8 Å². The first-order valence-corrected chi connectivity index (χ1v) is 5.21. The highest BCUT2D eigenvalue weighted by Gasteiger charge is 2.17. The summed E-state index contributed by atoms with van der Waals surface area (Å²) in [6.07, 6.45) is 1.82. The molecular weight excluding hydrogens is 192 g/mol. The second-order valence-corrected chi connectivity index (χ2v) is 3.60. The molecule has 5 nitrogen and oxygen atoms in total. The van der Waals surface area contributed by atoms with Crippen LogP contribution in [-0.2, 0) is 0 Å². The van der Waals surface area contributed by atoms with Crippen LogP contribution in [0.4, 0.5) is 5.69 Å². The number of hydrogen-bond acceptors (Lipinski definition) is 3. The summed E-state index contributed by atoms with van der Waals surface area (Å²) in [6.45, 7) is 5.86. The highest BCUT2D eigenvalue weighted by atomic mass is 16.2. The van der Waals surface area contributed by atoms with Crippen molar-refractivity contribution in [2.75, 3.05) is 5.73 Å². The van der Waals surface area contributed by atoms with E-state index < -0.39 is 0 Å². The van der Waals surface area contributed by atoms with Gasteiger partial charge in [-0.25, -0.2) is 0 Å². The number of carbonyl (C=O) groups is 1. The van der Waals surface area contributed by atoms with Crippen molar-refractivity contribution >= 4 is 11.6 Å². The SMILES string of the molecule is CCC(CC)NC(=O)c1n[nH]c(C)c1N. The van der Waals surface area contributed by atoms with E-state index in [0.717, 1.165) is 18.5 Å². The van der Waals surface area contributed by atoms with Gasteiger partial charge in [-0.1, -0.05) is 13.8 Å². The van der Waals surface area contributed by atoms with Gasteiger partial charge in [0.1, 0.15) is 0 Å². The van der Waals surface area contributed by atoms with E-state index in [1.807, 2.05) is 13.8 Å². The van der Waals surface area contributed by atoms with Crippen LogP contribution in [0.1, 0.15) is 42.9 Å². The Bertz CT molecular complexity index is 341. The third kappa shape index (κ3) is 2.49. The van der Waals surface area contributed by atoms with Crippen LogP contribution in [-0.4, -0.2) is 22.1 Å². The van der Waals surface area contributed by atoms with E-state index in [1.54, 1.807) is 6.92 Å². The second-order valence-electron chi connectivity index (χ2n) is 3.60. The molecule has 0 aromatic carbocycles. The molecule has 4 N–H and O–H groups in total. The van der Waals surface area contributed by atoms with Crippen molar-refractivity contribution in [1.82, 2.24) is 15.5 Å². The van der Waals surface area contributed by atoms with E-state index in [-0.39, 0.29) is 11.9 Å². The predicted molar refractivity (Wildman–Crippen MR) is 59.6 cm³/mol. The first-order valence-electron chi connectivity index (χ1n) is 5.21. The molecule has 0 aliphatic carbocycles. The minimum absolute atomic E-state index is 0.189. The van der Waals surface area contributed by atoms with Crippen LogP contribution in [0, 0.1) is 6.92 Å². The number of nitrogens with zero attached hydrogens (tertiary/aromatic N) is 1. The predicted octanol–water partition coefficient (Wildman–Crippen LogP) is 1.22. The molecule has 0 atom stereocenters. The minimum Gasteiger partial charge on any atom is -0.395 e. The van der Waals surface area contributed by atoms with Gasteiger partial charge in [-0.2, -0.15) is 5.10 Å². The third-order valence-electron chi connectivity index (χ3n) is 2.53. The fourth-order valence-electron chi connectivity index (χ4n) is 1.36. The number of carbonyl (C=O) groups excluding carboxylic acids is 1. The molecule has 0 saturated carbocycles. The average Bonchev–Trinajstić information content (AvgIpc) is 2.56. The number of H-pyrrole nitrogens is 1. The number of rotatable bonds is 4. The number of aromatic amines is 1. The number of aryl methyl sites for hydroxylation is 1. The van der Waals surface area contributed by atoms with E-state index in [4.69, 9.17) is 5.73 Å². The zero-order chi connectivity index (χ0) is 11.4. The fourth-order valence-corrected chi connectivity index (χ4v) is 1.36. The number of anilines is 1. The molecule has 0 fully saturated rings. The number of nitrogens with one attached hydrogen (secondary N) is 2. The lowest BCUT2D eigenvalue weighted by Crippen LogP contribution is -2.34. The van der Waals surface area contributed by atoms with Crippen LogP contribution >= 0.6 is 0 Å². The number of hydrogen-bond donors (Lipinski definition) is 3. The van der Waals surface area contributed by atoms with Gasteiger partial charge in [-0.05, 0) is 19.8 Å². The maximum Gasteiger partial charge on any atom is 0.274 e. The van der Waals surface area contributed by atoms with Gasteiger partial charge in [0.2, 0.25) is 0 Å². The molecule has 0 radical (unpaired) electrons. The van der Waals surface area contributed by atoms with Gasteiger partial charge in [0.25, 0.3) is 5.91 Å². The van der Waals surface area contributed by atoms with E-state index >= 15 is 0 Å². The lowest BCUT2D eigenvalue weighted by Gasteiger charge is -2.13. The molecule has 0 aliphatic rings. The molecule has 0 spiro atoms. The van der Waals surface area contributed by atoms with E-state index in [0.29, 0.717) is 11.4 Å². The number of nitrogens with two attached hydrogens (primary N) is 1. The molecule has 1 aromatic heterocycles. The van der Waals surface area contributed by atoms with E-state index in [2.05, 4.69) is 15.5 Å². The normalized spacial score (nSPS) is 10.7. The lowest BCUT2D eigenvalue weighted by molar-refractivity contribution is 0.0930. The Morgan fingerprint density at radius 2 is 2.13 bits per heavy atom. The number of nitrogen functional groups attached to an aromatic ring is 1. The zero-order valence-electron chi connectivity index (χ0n) is 9.42. The first-order chi connectivity index (χ1) is 7.10. The van der Waals surface area contributed by atoms with Crippen molar-refractivity contribution in [1.29, 1.82) is 0 Å². The average molecular weight is 210 g/mol. The quantitative estimate of drug-likeness (QED) is 0.698. The summed E-state index contributed by atoms with van der Waals surface area (Å²) in [6, 6.07) is 0.189. The fraction of sp³-hybridized carbons (Fsp3) is 0.600. The molecule has 1 rings (SSSR count).